The van der Waals surface area contributed by atoms with Gasteiger partial charge in [-0.15, -0.1) is 0 Å². The highest BCUT2D eigenvalue weighted by Gasteiger charge is 2.24. The maximum atomic E-state index is 5.99. The smallest absolute Gasteiger partial charge is 0.123 e. The molecule has 2 unspecified atom stereocenters. The van der Waals surface area contributed by atoms with E-state index in [0.29, 0.717) is 19.1 Å². The van der Waals surface area contributed by atoms with Crippen LogP contribution in [-0.4, -0.2) is 13.2 Å². The van der Waals surface area contributed by atoms with Crippen LogP contribution < -0.4 is 15.2 Å². The summed E-state index contributed by atoms with van der Waals surface area (Å²) in [5, 5.41) is 0. The van der Waals surface area contributed by atoms with Crippen molar-refractivity contribution in [3.8, 4) is 11.5 Å². The van der Waals surface area contributed by atoms with Gasteiger partial charge in [-0.3, -0.25) is 0 Å². The molecule has 2 aromatic carbocycles. The van der Waals surface area contributed by atoms with E-state index < -0.39 is 0 Å². The Hall–Kier alpha value is -2.00. The molecule has 1 heterocycles. The highest BCUT2D eigenvalue weighted by molar-refractivity contribution is 5.40. The van der Waals surface area contributed by atoms with E-state index in [2.05, 4.69) is 19.1 Å². The fourth-order valence-electron chi connectivity index (χ4n) is 2.68. The van der Waals surface area contributed by atoms with Gasteiger partial charge in [0.15, 0.2) is 0 Å². The van der Waals surface area contributed by atoms with E-state index in [4.69, 9.17) is 15.2 Å². The number of para-hydroxylation sites is 1. The second-order valence-electron chi connectivity index (χ2n) is 5.67. The molecule has 0 spiro atoms. The largest absolute Gasteiger partial charge is 0.493 e. The van der Waals surface area contributed by atoms with Gasteiger partial charge >= 0.3 is 0 Å². The second-order valence-corrected chi connectivity index (χ2v) is 5.67. The lowest BCUT2D eigenvalue weighted by Crippen LogP contribution is -2.12. The Bertz CT molecular complexity index is 637. The van der Waals surface area contributed by atoms with Gasteiger partial charge < -0.3 is 15.2 Å². The standard InChI is InChI=1S/C18H21NO2/c1-12-9-14(13(2)19)7-8-17(12)20-10-15-11-21-18-6-4-3-5-16(15)18/h3-9,13,15H,10-11,19H2,1-2H3. The zero-order chi connectivity index (χ0) is 14.8. The average Bonchev–Trinajstić information content (AvgIpc) is 2.89. The molecule has 0 saturated heterocycles. The van der Waals surface area contributed by atoms with E-state index in [9.17, 15) is 0 Å². The molecule has 2 N–H and O–H groups in total. The summed E-state index contributed by atoms with van der Waals surface area (Å²) in [6.07, 6.45) is 0. The number of hydrogen-bond acceptors (Lipinski definition) is 3. The van der Waals surface area contributed by atoms with Gasteiger partial charge in [0.2, 0.25) is 0 Å². The highest BCUT2D eigenvalue weighted by Crippen LogP contribution is 2.34. The molecule has 0 aliphatic carbocycles. The molecule has 2 atom stereocenters. The molecule has 3 rings (SSSR count). The highest BCUT2D eigenvalue weighted by atomic mass is 16.5. The molecule has 0 saturated carbocycles. The molecular weight excluding hydrogens is 262 g/mol. The fraction of sp³-hybridized carbons (Fsp3) is 0.333. The monoisotopic (exact) mass is 283 g/mol. The lowest BCUT2D eigenvalue weighted by atomic mass is 10.0. The second kappa shape index (κ2) is 5.78. The van der Waals surface area contributed by atoms with Crippen LogP contribution in [0.5, 0.6) is 11.5 Å². The number of rotatable bonds is 4. The van der Waals surface area contributed by atoms with E-state index >= 15 is 0 Å². The number of ether oxygens (including phenoxy) is 2. The molecular formula is C18H21NO2. The Labute approximate surface area is 125 Å². The Morgan fingerprint density at radius 2 is 2.10 bits per heavy atom. The molecule has 1 aliphatic heterocycles. The molecule has 1 aliphatic rings. The van der Waals surface area contributed by atoms with Crippen LogP contribution in [0, 0.1) is 6.92 Å². The molecule has 21 heavy (non-hydrogen) atoms. The average molecular weight is 283 g/mol. The summed E-state index contributed by atoms with van der Waals surface area (Å²) in [6.45, 7) is 5.37. The van der Waals surface area contributed by atoms with Gasteiger partial charge in [-0.25, -0.2) is 0 Å². The van der Waals surface area contributed by atoms with Gasteiger partial charge in [0.05, 0.1) is 19.1 Å². The molecule has 0 bridgehead atoms. The number of benzene rings is 2. The summed E-state index contributed by atoms with van der Waals surface area (Å²) in [6, 6.07) is 14.4. The van der Waals surface area contributed by atoms with Crippen LogP contribution in [0.2, 0.25) is 0 Å². The topological polar surface area (TPSA) is 44.5 Å². The third-order valence-corrected chi connectivity index (χ3v) is 3.96. The first kappa shape index (κ1) is 14.0. The first-order valence-electron chi connectivity index (χ1n) is 7.36. The van der Waals surface area contributed by atoms with Crippen LogP contribution in [0.25, 0.3) is 0 Å². The molecule has 0 amide bonds. The number of aryl methyl sites for hydroxylation is 1. The molecule has 3 nitrogen and oxygen atoms in total. The van der Waals surface area contributed by atoms with Crippen molar-refractivity contribution in [1.29, 1.82) is 0 Å². The minimum absolute atomic E-state index is 0.0489. The van der Waals surface area contributed by atoms with Gasteiger partial charge in [0.1, 0.15) is 11.5 Å². The molecule has 0 radical (unpaired) electrons. The Kier molecular flexibility index (Phi) is 3.84. The Morgan fingerprint density at radius 3 is 2.86 bits per heavy atom. The van der Waals surface area contributed by atoms with Crippen molar-refractivity contribution >= 4 is 0 Å². The van der Waals surface area contributed by atoms with Crippen molar-refractivity contribution in [2.45, 2.75) is 25.8 Å². The summed E-state index contributed by atoms with van der Waals surface area (Å²) >= 11 is 0. The van der Waals surface area contributed by atoms with E-state index in [0.717, 1.165) is 22.6 Å². The SMILES string of the molecule is Cc1cc(C(C)N)ccc1OCC1COc2ccccc21. The first-order valence-corrected chi connectivity index (χ1v) is 7.36. The first-order chi connectivity index (χ1) is 10.1. The van der Waals surface area contributed by atoms with Crippen LogP contribution in [0.3, 0.4) is 0 Å². The maximum Gasteiger partial charge on any atom is 0.123 e. The van der Waals surface area contributed by atoms with Crippen LogP contribution in [0.4, 0.5) is 0 Å². The van der Waals surface area contributed by atoms with E-state index in [-0.39, 0.29) is 6.04 Å². The van der Waals surface area contributed by atoms with Crippen LogP contribution in [0.1, 0.15) is 35.6 Å². The van der Waals surface area contributed by atoms with Crippen LogP contribution in [0.15, 0.2) is 42.5 Å². The molecule has 0 aromatic heterocycles. The molecule has 110 valence electrons. The zero-order valence-corrected chi connectivity index (χ0v) is 12.5. The molecule has 0 fully saturated rings. The summed E-state index contributed by atoms with van der Waals surface area (Å²) < 4.78 is 11.7. The van der Waals surface area contributed by atoms with Crippen LogP contribution in [-0.2, 0) is 0 Å². The lowest BCUT2D eigenvalue weighted by molar-refractivity contribution is 0.247. The van der Waals surface area contributed by atoms with Gasteiger partial charge in [0.25, 0.3) is 0 Å². The zero-order valence-electron chi connectivity index (χ0n) is 12.5. The van der Waals surface area contributed by atoms with Gasteiger partial charge in [0, 0.05) is 11.6 Å². The molecule has 3 heteroatoms. The van der Waals surface area contributed by atoms with Crippen molar-refractivity contribution < 1.29 is 9.47 Å². The predicted molar refractivity (Wildman–Crippen MR) is 84.0 cm³/mol. The third kappa shape index (κ3) is 2.88. The van der Waals surface area contributed by atoms with Crippen molar-refractivity contribution in [3.05, 3.63) is 59.2 Å². The van der Waals surface area contributed by atoms with E-state index in [1.165, 1.54) is 5.56 Å². The van der Waals surface area contributed by atoms with Crippen molar-refractivity contribution in [3.63, 3.8) is 0 Å². The fourth-order valence-corrected chi connectivity index (χ4v) is 2.68. The van der Waals surface area contributed by atoms with Crippen LogP contribution >= 0.6 is 0 Å². The Balaban J connectivity index is 1.69. The van der Waals surface area contributed by atoms with Gasteiger partial charge in [-0.2, -0.15) is 0 Å². The normalized spacial score (nSPS) is 18.0. The van der Waals surface area contributed by atoms with Gasteiger partial charge in [-0.1, -0.05) is 30.3 Å². The number of nitrogens with two attached hydrogens (primary N) is 1. The third-order valence-electron chi connectivity index (χ3n) is 3.96. The summed E-state index contributed by atoms with van der Waals surface area (Å²) in [4.78, 5) is 0. The lowest BCUT2D eigenvalue weighted by Gasteiger charge is -2.15. The minimum Gasteiger partial charge on any atom is -0.493 e. The van der Waals surface area contributed by atoms with Crippen molar-refractivity contribution in [2.75, 3.05) is 13.2 Å². The van der Waals surface area contributed by atoms with Gasteiger partial charge in [-0.05, 0) is 37.1 Å². The number of hydrogen-bond donors (Lipinski definition) is 1. The van der Waals surface area contributed by atoms with Crippen molar-refractivity contribution in [1.82, 2.24) is 0 Å². The predicted octanol–water partition coefficient (Wildman–Crippen LogP) is 3.57. The van der Waals surface area contributed by atoms with E-state index in [1.807, 2.05) is 37.3 Å². The quantitative estimate of drug-likeness (QED) is 0.933. The number of fused-ring (bicyclic) bond motifs is 1. The summed E-state index contributed by atoms with van der Waals surface area (Å²) in [5.41, 5.74) is 9.40. The summed E-state index contributed by atoms with van der Waals surface area (Å²) in [7, 11) is 0. The minimum atomic E-state index is 0.0489. The van der Waals surface area contributed by atoms with E-state index in [1.54, 1.807) is 0 Å². The molecule has 2 aromatic rings. The Morgan fingerprint density at radius 1 is 1.29 bits per heavy atom. The summed E-state index contributed by atoms with van der Waals surface area (Å²) in [5.74, 6) is 2.20. The maximum absolute atomic E-state index is 5.99. The van der Waals surface area contributed by atoms with Crippen molar-refractivity contribution in [2.24, 2.45) is 5.73 Å².